The zero-order valence-electron chi connectivity index (χ0n) is 8.38. The Balaban J connectivity index is 2.45. The molecule has 0 aliphatic rings. The largest absolute Gasteiger partial charge is 0.240 e. The van der Waals surface area contributed by atoms with Gasteiger partial charge >= 0.3 is 0 Å². The first-order chi connectivity index (χ1) is 7.70. The Morgan fingerprint density at radius 2 is 2.31 bits per heavy atom. The van der Waals surface area contributed by atoms with Crippen LogP contribution in [0.3, 0.4) is 0 Å². The second-order valence-electron chi connectivity index (χ2n) is 3.14. The number of hydrogen-bond acceptors (Lipinski definition) is 4. The average molecular weight is 218 g/mol. The van der Waals surface area contributed by atoms with Gasteiger partial charge in [0.25, 0.3) is 0 Å². The number of aryl methyl sites for hydroxylation is 1. The lowest BCUT2D eigenvalue weighted by molar-refractivity contribution is 0.564. The van der Waals surface area contributed by atoms with Gasteiger partial charge in [0.05, 0.1) is 17.6 Å². The summed E-state index contributed by atoms with van der Waals surface area (Å²) >= 11 is 0. The predicted molar refractivity (Wildman–Crippen MR) is 53.8 cm³/mol. The van der Waals surface area contributed by atoms with Gasteiger partial charge in [-0.1, -0.05) is 5.21 Å². The molecular weight excluding hydrogens is 211 g/mol. The number of rotatable bonds is 2. The van der Waals surface area contributed by atoms with Gasteiger partial charge in [-0.25, -0.2) is 13.9 Å². The number of carbonyl (C=O) groups excluding carboxylic acids is 1. The summed E-state index contributed by atoms with van der Waals surface area (Å²) in [6.45, 7) is 1.78. The van der Waals surface area contributed by atoms with Crippen molar-refractivity contribution in [2.24, 2.45) is 4.99 Å². The number of aliphatic imine (C=N–C) groups is 1. The van der Waals surface area contributed by atoms with Crippen LogP contribution in [0.5, 0.6) is 0 Å². The molecule has 0 atom stereocenters. The number of aromatic nitrogens is 3. The molecule has 0 aliphatic carbocycles. The summed E-state index contributed by atoms with van der Waals surface area (Å²) < 4.78 is 14.8. The molecule has 0 radical (unpaired) electrons. The molecule has 0 saturated carbocycles. The van der Waals surface area contributed by atoms with Gasteiger partial charge < -0.3 is 0 Å². The van der Waals surface area contributed by atoms with Crippen LogP contribution < -0.4 is 0 Å². The lowest BCUT2D eigenvalue weighted by Gasteiger charge is -2.00. The first-order valence-electron chi connectivity index (χ1n) is 4.47. The summed E-state index contributed by atoms with van der Waals surface area (Å²) in [4.78, 5) is 13.2. The van der Waals surface area contributed by atoms with E-state index in [0.717, 1.165) is 5.69 Å². The number of benzene rings is 1. The lowest BCUT2D eigenvalue weighted by atomic mass is 10.2. The van der Waals surface area contributed by atoms with Crippen molar-refractivity contribution in [3.05, 3.63) is 35.9 Å². The van der Waals surface area contributed by atoms with Crippen molar-refractivity contribution in [1.29, 1.82) is 0 Å². The molecule has 1 aromatic carbocycles. The molecule has 1 aromatic heterocycles. The van der Waals surface area contributed by atoms with Crippen LogP contribution >= 0.6 is 0 Å². The molecule has 2 aromatic rings. The highest BCUT2D eigenvalue weighted by molar-refractivity contribution is 5.52. The SMILES string of the molecule is Cc1cn(-c2ccc(N=C=O)c(F)c2)nn1. The topological polar surface area (TPSA) is 60.1 Å². The molecule has 0 aliphatic heterocycles. The third kappa shape index (κ3) is 1.87. The molecule has 0 spiro atoms. The summed E-state index contributed by atoms with van der Waals surface area (Å²) in [5, 5.41) is 7.58. The van der Waals surface area contributed by atoms with E-state index in [1.807, 2.05) is 0 Å². The summed E-state index contributed by atoms with van der Waals surface area (Å²) in [5.41, 5.74) is 1.20. The monoisotopic (exact) mass is 218 g/mol. The Kier molecular flexibility index (Phi) is 2.57. The normalized spacial score (nSPS) is 9.88. The molecule has 6 heteroatoms. The molecule has 0 saturated heterocycles. The van der Waals surface area contributed by atoms with Crippen molar-refractivity contribution in [2.45, 2.75) is 6.92 Å². The van der Waals surface area contributed by atoms with E-state index in [-0.39, 0.29) is 5.69 Å². The van der Waals surface area contributed by atoms with Crippen molar-refractivity contribution in [3.8, 4) is 5.69 Å². The van der Waals surface area contributed by atoms with Crippen LogP contribution in [0.15, 0.2) is 29.4 Å². The molecule has 0 amide bonds. The fourth-order valence-electron chi connectivity index (χ4n) is 1.25. The summed E-state index contributed by atoms with van der Waals surface area (Å²) in [6, 6.07) is 4.20. The van der Waals surface area contributed by atoms with E-state index in [2.05, 4.69) is 15.3 Å². The van der Waals surface area contributed by atoms with Crippen molar-refractivity contribution < 1.29 is 9.18 Å². The van der Waals surface area contributed by atoms with Crippen LogP contribution in [0.25, 0.3) is 5.69 Å². The van der Waals surface area contributed by atoms with Gasteiger partial charge in [0.2, 0.25) is 6.08 Å². The third-order valence-electron chi connectivity index (χ3n) is 1.97. The quantitative estimate of drug-likeness (QED) is 0.569. The minimum absolute atomic E-state index is 0.0458. The van der Waals surface area contributed by atoms with E-state index in [4.69, 9.17) is 0 Å². The molecule has 0 bridgehead atoms. The van der Waals surface area contributed by atoms with E-state index < -0.39 is 5.82 Å². The van der Waals surface area contributed by atoms with Crippen LogP contribution in [-0.2, 0) is 4.79 Å². The summed E-state index contributed by atoms with van der Waals surface area (Å²) in [5.74, 6) is -0.603. The van der Waals surface area contributed by atoms with E-state index in [1.54, 1.807) is 19.2 Å². The summed E-state index contributed by atoms with van der Waals surface area (Å²) in [7, 11) is 0. The number of isocyanates is 1. The van der Waals surface area contributed by atoms with Gasteiger partial charge in [-0.15, -0.1) is 5.10 Å². The maximum absolute atomic E-state index is 13.4. The molecule has 2 rings (SSSR count). The van der Waals surface area contributed by atoms with Crippen LogP contribution in [0, 0.1) is 12.7 Å². The van der Waals surface area contributed by atoms with Crippen LogP contribution in [0.1, 0.15) is 5.69 Å². The Morgan fingerprint density at radius 3 is 2.88 bits per heavy atom. The highest BCUT2D eigenvalue weighted by atomic mass is 19.1. The second kappa shape index (κ2) is 4.04. The van der Waals surface area contributed by atoms with E-state index in [0.29, 0.717) is 5.69 Å². The lowest BCUT2D eigenvalue weighted by Crippen LogP contribution is -1.95. The maximum Gasteiger partial charge on any atom is 0.240 e. The van der Waals surface area contributed by atoms with Gasteiger partial charge in [-0.3, -0.25) is 0 Å². The highest BCUT2D eigenvalue weighted by Crippen LogP contribution is 2.20. The first-order valence-corrected chi connectivity index (χ1v) is 4.47. The fraction of sp³-hybridized carbons (Fsp3) is 0.100. The highest BCUT2D eigenvalue weighted by Gasteiger charge is 2.05. The van der Waals surface area contributed by atoms with Gasteiger partial charge in [-0.05, 0) is 19.1 Å². The Bertz CT molecular complexity index is 572. The zero-order chi connectivity index (χ0) is 11.5. The van der Waals surface area contributed by atoms with Crippen LogP contribution in [-0.4, -0.2) is 21.1 Å². The predicted octanol–water partition coefficient (Wildman–Crippen LogP) is 1.68. The molecule has 0 unspecified atom stereocenters. The van der Waals surface area contributed by atoms with Gasteiger partial charge in [0.1, 0.15) is 5.69 Å². The van der Waals surface area contributed by atoms with Crippen LogP contribution in [0.4, 0.5) is 10.1 Å². The van der Waals surface area contributed by atoms with E-state index >= 15 is 0 Å². The Morgan fingerprint density at radius 1 is 1.50 bits per heavy atom. The Hall–Kier alpha value is -2.33. The number of hydrogen-bond donors (Lipinski definition) is 0. The fourth-order valence-corrected chi connectivity index (χ4v) is 1.25. The van der Waals surface area contributed by atoms with E-state index in [1.165, 1.54) is 22.9 Å². The van der Waals surface area contributed by atoms with Gasteiger partial charge in [-0.2, -0.15) is 4.99 Å². The van der Waals surface area contributed by atoms with Crippen molar-refractivity contribution in [1.82, 2.24) is 15.0 Å². The first kappa shape index (κ1) is 10.2. The molecule has 80 valence electrons. The number of halogens is 1. The number of nitrogens with zero attached hydrogens (tertiary/aromatic N) is 4. The maximum atomic E-state index is 13.4. The van der Waals surface area contributed by atoms with E-state index in [9.17, 15) is 9.18 Å². The summed E-state index contributed by atoms with van der Waals surface area (Å²) in [6.07, 6.45) is 2.95. The van der Waals surface area contributed by atoms with Gasteiger partial charge in [0.15, 0.2) is 5.82 Å². The van der Waals surface area contributed by atoms with Crippen molar-refractivity contribution >= 4 is 11.8 Å². The average Bonchev–Trinajstić information content (AvgIpc) is 2.68. The molecule has 1 heterocycles. The standard InChI is InChI=1S/C10H7FN4O/c1-7-5-15(14-13-7)8-2-3-10(12-6-16)9(11)4-8/h2-5H,1H3. The molecule has 0 N–H and O–H groups in total. The third-order valence-corrected chi connectivity index (χ3v) is 1.97. The molecule has 16 heavy (non-hydrogen) atoms. The minimum Gasteiger partial charge on any atom is -0.220 e. The molecule has 0 fully saturated rings. The van der Waals surface area contributed by atoms with Gasteiger partial charge in [0, 0.05) is 6.07 Å². The smallest absolute Gasteiger partial charge is 0.220 e. The second-order valence-corrected chi connectivity index (χ2v) is 3.14. The molecule has 5 nitrogen and oxygen atoms in total. The van der Waals surface area contributed by atoms with Crippen LogP contribution in [0.2, 0.25) is 0 Å². The van der Waals surface area contributed by atoms with Crippen molar-refractivity contribution in [3.63, 3.8) is 0 Å². The molecular formula is C10H7FN4O. The zero-order valence-corrected chi connectivity index (χ0v) is 8.38. The minimum atomic E-state index is -0.603. The Labute approximate surface area is 90.2 Å². The van der Waals surface area contributed by atoms with Crippen molar-refractivity contribution in [2.75, 3.05) is 0 Å².